The number of benzene rings is 2. The number of carbonyl (C=O) groups is 2. The number of ether oxygens (including phenoxy) is 3. The van der Waals surface area contributed by atoms with E-state index in [4.69, 9.17) is 14.2 Å². The molecule has 0 saturated carbocycles. The van der Waals surface area contributed by atoms with E-state index in [-0.39, 0.29) is 18.5 Å². The number of hydrogen-bond acceptors (Lipinski definition) is 6. The van der Waals surface area contributed by atoms with Gasteiger partial charge in [0.25, 0.3) is 0 Å². The minimum absolute atomic E-state index is 0.0414. The van der Waals surface area contributed by atoms with E-state index in [1.807, 2.05) is 66.4 Å². The third-order valence-corrected chi connectivity index (χ3v) is 7.06. The first-order chi connectivity index (χ1) is 18.4. The molecule has 1 N–H and O–H groups in total. The van der Waals surface area contributed by atoms with Crippen molar-refractivity contribution in [3.8, 4) is 11.5 Å². The molecule has 3 aromatic rings. The van der Waals surface area contributed by atoms with E-state index in [2.05, 4.69) is 11.4 Å². The lowest BCUT2D eigenvalue weighted by molar-refractivity contribution is -0.132. The summed E-state index contributed by atoms with van der Waals surface area (Å²) >= 11 is 1.67. The molecule has 3 amide bonds. The first kappa shape index (κ1) is 29.0. The maximum absolute atomic E-state index is 13.6. The average molecular weight is 540 g/mol. The Kier molecular flexibility index (Phi) is 11.4. The van der Waals surface area contributed by atoms with Crippen molar-refractivity contribution in [2.75, 3.05) is 47.6 Å². The highest BCUT2D eigenvalue weighted by Crippen LogP contribution is 2.28. The Bertz CT molecular complexity index is 1170. The number of rotatable bonds is 14. The molecule has 0 aliphatic heterocycles. The van der Waals surface area contributed by atoms with E-state index in [9.17, 15) is 9.59 Å². The predicted octanol–water partition coefficient (Wildman–Crippen LogP) is 4.50. The number of aryl methyl sites for hydroxylation is 1. The number of amides is 3. The summed E-state index contributed by atoms with van der Waals surface area (Å²) in [7, 11) is 4.79. The van der Waals surface area contributed by atoms with Crippen LogP contribution in [0.3, 0.4) is 0 Å². The van der Waals surface area contributed by atoms with Crippen LogP contribution in [0.2, 0.25) is 0 Å². The van der Waals surface area contributed by atoms with Crippen molar-refractivity contribution in [2.45, 2.75) is 26.4 Å². The molecular formula is C29H37N3O5S. The van der Waals surface area contributed by atoms with Gasteiger partial charge in [0.05, 0.1) is 27.4 Å². The minimum atomic E-state index is -0.300. The van der Waals surface area contributed by atoms with Crippen molar-refractivity contribution in [3.63, 3.8) is 0 Å². The second-order valence-electron chi connectivity index (χ2n) is 8.83. The molecule has 8 nitrogen and oxygen atoms in total. The van der Waals surface area contributed by atoms with Gasteiger partial charge in [-0.3, -0.25) is 4.79 Å². The van der Waals surface area contributed by atoms with Crippen molar-refractivity contribution in [3.05, 3.63) is 81.5 Å². The fourth-order valence-corrected chi connectivity index (χ4v) is 4.86. The van der Waals surface area contributed by atoms with Crippen LogP contribution in [0, 0.1) is 6.92 Å². The number of carbonyl (C=O) groups excluding carboxylic acids is 2. The molecule has 0 atom stereocenters. The molecule has 1 heterocycles. The van der Waals surface area contributed by atoms with Gasteiger partial charge in [-0.1, -0.05) is 36.4 Å². The zero-order valence-corrected chi connectivity index (χ0v) is 23.4. The van der Waals surface area contributed by atoms with Crippen molar-refractivity contribution >= 4 is 23.3 Å². The second-order valence-corrected chi connectivity index (χ2v) is 10.2. The molecule has 2 aromatic carbocycles. The maximum Gasteiger partial charge on any atom is 0.318 e. The van der Waals surface area contributed by atoms with Gasteiger partial charge in [0.15, 0.2) is 11.5 Å². The minimum Gasteiger partial charge on any atom is -0.493 e. The monoisotopic (exact) mass is 539 g/mol. The zero-order valence-electron chi connectivity index (χ0n) is 22.6. The molecule has 0 saturated heterocycles. The highest BCUT2D eigenvalue weighted by molar-refractivity contribution is 7.11. The lowest BCUT2D eigenvalue weighted by Crippen LogP contribution is -2.47. The third-order valence-electron chi connectivity index (χ3n) is 6.08. The predicted molar refractivity (Wildman–Crippen MR) is 150 cm³/mol. The van der Waals surface area contributed by atoms with Crippen molar-refractivity contribution in [1.29, 1.82) is 0 Å². The number of nitrogens with zero attached hydrogens (tertiary/aromatic N) is 2. The lowest BCUT2D eigenvalue weighted by atomic mass is 10.1. The average Bonchev–Trinajstić information content (AvgIpc) is 3.36. The van der Waals surface area contributed by atoms with E-state index in [0.29, 0.717) is 50.7 Å². The quantitative estimate of drug-likeness (QED) is 0.326. The van der Waals surface area contributed by atoms with Crippen LogP contribution in [0.15, 0.2) is 60.7 Å². The Morgan fingerprint density at radius 1 is 0.868 bits per heavy atom. The molecule has 0 radical (unpaired) electrons. The Balaban J connectivity index is 1.71. The van der Waals surface area contributed by atoms with Gasteiger partial charge >= 0.3 is 6.03 Å². The first-order valence-electron chi connectivity index (χ1n) is 12.5. The molecule has 38 heavy (non-hydrogen) atoms. The normalized spacial score (nSPS) is 10.6. The molecular weight excluding hydrogens is 502 g/mol. The van der Waals surface area contributed by atoms with Crippen LogP contribution in [0.1, 0.15) is 20.9 Å². The lowest BCUT2D eigenvalue weighted by Gasteiger charge is -2.28. The molecule has 1 aromatic heterocycles. The van der Waals surface area contributed by atoms with Crippen LogP contribution < -0.4 is 14.8 Å². The summed E-state index contributed by atoms with van der Waals surface area (Å²) in [4.78, 5) is 32.2. The van der Waals surface area contributed by atoms with Gasteiger partial charge < -0.3 is 29.3 Å². The van der Waals surface area contributed by atoms with Crippen molar-refractivity contribution in [1.82, 2.24) is 15.1 Å². The zero-order chi connectivity index (χ0) is 27.3. The first-order valence-corrected chi connectivity index (χ1v) is 13.3. The number of hydrogen-bond donors (Lipinski definition) is 1. The van der Waals surface area contributed by atoms with Crippen molar-refractivity contribution < 1.29 is 23.8 Å². The largest absolute Gasteiger partial charge is 0.493 e. The highest BCUT2D eigenvalue weighted by Gasteiger charge is 2.22. The van der Waals surface area contributed by atoms with Gasteiger partial charge in [0, 0.05) is 36.5 Å². The fraction of sp³-hybridized carbons (Fsp3) is 0.379. The third kappa shape index (κ3) is 8.78. The summed E-state index contributed by atoms with van der Waals surface area (Å²) in [6.07, 6.45) is 0.634. The summed E-state index contributed by atoms with van der Waals surface area (Å²) in [6, 6.07) is 19.3. The van der Waals surface area contributed by atoms with Gasteiger partial charge in [-0.25, -0.2) is 4.79 Å². The van der Waals surface area contributed by atoms with Crippen molar-refractivity contribution in [2.24, 2.45) is 0 Å². The highest BCUT2D eigenvalue weighted by atomic mass is 32.1. The van der Waals surface area contributed by atoms with E-state index < -0.39 is 0 Å². The molecule has 0 bridgehead atoms. The standard InChI is InChI=1S/C29H37N3O5S/c1-22-10-12-25(38-22)20-31(15-14-23-11-13-26(36-3)27(18-23)37-4)28(33)21-32(16-17-35-2)29(34)30-19-24-8-6-5-7-9-24/h5-13,18H,14-17,19-21H2,1-4H3,(H,30,34). The molecule has 9 heteroatoms. The van der Waals surface area contributed by atoms with Gasteiger partial charge in [-0.2, -0.15) is 0 Å². The molecule has 0 spiro atoms. The molecule has 0 unspecified atom stereocenters. The second kappa shape index (κ2) is 15.0. The summed E-state index contributed by atoms with van der Waals surface area (Å²) in [5, 5.41) is 2.92. The van der Waals surface area contributed by atoms with Gasteiger partial charge in [-0.05, 0) is 48.7 Å². The number of nitrogens with one attached hydrogen (secondary N) is 1. The molecule has 0 aliphatic carbocycles. The number of urea groups is 1. The molecule has 0 aliphatic rings. The van der Waals surface area contributed by atoms with Crippen LogP contribution >= 0.6 is 11.3 Å². The summed E-state index contributed by atoms with van der Waals surface area (Å²) < 4.78 is 16.0. The van der Waals surface area contributed by atoms with E-state index in [1.54, 1.807) is 32.7 Å². The SMILES string of the molecule is COCCN(CC(=O)N(CCc1ccc(OC)c(OC)c1)Cc1ccc(C)s1)C(=O)NCc1ccccc1. The van der Waals surface area contributed by atoms with Gasteiger partial charge in [-0.15, -0.1) is 11.3 Å². The molecule has 204 valence electrons. The van der Waals surface area contributed by atoms with Crippen LogP contribution in [0.25, 0.3) is 0 Å². The molecule has 3 rings (SSSR count). The fourth-order valence-electron chi connectivity index (χ4n) is 3.95. The van der Waals surface area contributed by atoms with E-state index >= 15 is 0 Å². The van der Waals surface area contributed by atoms with Gasteiger partial charge in [0.1, 0.15) is 6.54 Å². The summed E-state index contributed by atoms with van der Waals surface area (Å²) in [6.45, 7) is 4.01. The maximum atomic E-state index is 13.6. The summed E-state index contributed by atoms with van der Waals surface area (Å²) in [5.74, 6) is 1.19. The summed E-state index contributed by atoms with van der Waals surface area (Å²) in [5.41, 5.74) is 2.02. The van der Waals surface area contributed by atoms with E-state index in [1.165, 1.54) is 9.78 Å². The van der Waals surface area contributed by atoms with Gasteiger partial charge in [0.2, 0.25) is 5.91 Å². The van der Waals surface area contributed by atoms with Crippen LogP contribution in [0.5, 0.6) is 11.5 Å². The topological polar surface area (TPSA) is 80.3 Å². The Labute approximate surface area is 229 Å². The number of thiophene rings is 1. The Morgan fingerprint density at radius 2 is 1.63 bits per heavy atom. The Morgan fingerprint density at radius 3 is 2.29 bits per heavy atom. The number of methoxy groups -OCH3 is 3. The van der Waals surface area contributed by atoms with Crippen LogP contribution in [-0.4, -0.2) is 69.3 Å². The molecule has 0 fully saturated rings. The smallest absolute Gasteiger partial charge is 0.318 e. The Hall–Kier alpha value is -3.56. The van der Waals surface area contributed by atoms with Crippen LogP contribution in [-0.2, 0) is 29.0 Å². The van der Waals surface area contributed by atoms with Crippen LogP contribution in [0.4, 0.5) is 4.79 Å². The van der Waals surface area contributed by atoms with E-state index in [0.717, 1.165) is 16.0 Å².